The van der Waals surface area contributed by atoms with Crippen LogP contribution in [0.25, 0.3) is 33.5 Å². The quantitative estimate of drug-likeness (QED) is 0.438. The highest BCUT2D eigenvalue weighted by molar-refractivity contribution is 5.95. The minimum absolute atomic E-state index is 0.199. The predicted molar refractivity (Wildman–Crippen MR) is 90.8 cm³/mol. The van der Waals surface area contributed by atoms with Gasteiger partial charge in [0, 0.05) is 17.1 Å². The van der Waals surface area contributed by atoms with Crippen LogP contribution in [0.15, 0.2) is 42.6 Å². The first-order valence-electron chi connectivity index (χ1n) is 7.49. The van der Waals surface area contributed by atoms with Crippen LogP contribution in [0.1, 0.15) is 0 Å². The smallest absolute Gasteiger partial charge is 0.322 e. The molecule has 9 heteroatoms. The number of aromatic amines is 2. The molecule has 9 nitrogen and oxygen atoms in total. The van der Waals surface area contributed by atoms with Gasteiger partial charge in [-0.1, -0.05) is 24.3 Å². The van der Waals surface area contributed by atoms with Crippen LogP contribution >= 0.6 is 0 Å². The fourth-order valence-electron chi connectivity index (χ4n) is 2.62. The number of H-pyrrole nitrogens is 2. The summed E-state index contributed by atoms with van der Waals surface area (Å²) in [6.45, 7) is -0.199. The Balaban J connectivity index is 1.74. The number of aromatic nitrogens is 6. The van der Waals surface area contributed by atoms with Crippen LogP contribution in [0.3, 0.4) is 0 Å². The van der Waals surface area contributed by atoms with Crippen LogP contribution < -0.4 is 5.32 Å². The summed E-state index contributed by atoms with van der Waals surface area (Å²) in [6, 6.07) is 11.5. The molecule has 4 rings (SSSR count). The second-order valence-corrected chi connectivity index (χ2v) is 5.36. The SMILES string of the molecule is O=C(O)CNc1cc(-c2ccc(-c3nn[nH]n3)cc2)c2cc[nH]c2n1. The number of carboxylic acid groups (broad SMARTS) is 1. The van der Waals surface area contributed by atoms with Gasteiger partial charge in [0.1, 0.15) is 18.0 Å². The molecule has 3 heterocycles. The van der Waals surface area contributed by atoms with E-state index in [1.807, 2.05) is 36.4 Å². The molecule has 3 aromatic heterocycles. The van der Waals surface area contributed by atoms with E-state index in [2.05, 4.69) is 35.9 Å². The molecule has 4 aromatic rings. The summed E-state index contributed by atoms with van der Waals surface area (Å²) in [7, 11) is 0. The Morgan fingerprint density at radius 3 is 2.68 bits per heavy atom. The number of anilines is 1. The Morgan fingerprint density at radius 2 is 1.96 bits per heavy atom. The van der Waals surface area contributed by atoms with Gasteiger partial charge in [-0.3, -0.25) is 4.79 Å². The van der Waals surface area contributed by atoms with E-state index in [1.54, 1.807) is 6.20 Å². The second kappa shape index (κ2) is 6.04. The molecular formula is C16H13N7O2. The van der Waals surface area contributed by atoms with Gasteiger partial charge in [-0.05, 0) is 28.5 Å². The molecule has 0 aliphatic rings. The van der Waals surface area contributed by atoms with Crippen molar-refractivity contribution in [2.75, 3.05) is 11.9 Å². The third kappa shape index (κ3) is 2.90. The number of carboxylic acids is 1. The largest absolute Gasteiger partial charge is 0.480 e. The number of hydrogen-bond acceptors (Lipinski definition) is 6. The van der Waals surface area contributed by atoms with E-state index < -0.39 is 5.97 Å². The monoisotopic (exact) mass is 335 g/mol. The average molecular weight is 335 g/mol. The molecule has 0 saturated heterocycles. The maximum atomic E-state index is 10.8. The molecule has 0 amide bonds. The number of hydrogen-bond donors (Lipinski definition) is 4. The Kier molecular flexibility index (Phi) is 3.58. The zero-order valence-corrected chi connectivity index (χ0v) is 12.9. The highest BCUT2D eigenvalue weighted by atomic mass is 16.4. The van der Waals surface area contributed by atoms with Crippen LogP contribution in [-0.4, -0.2) is 48.2 Å². The van der Waals surface area contributed by atoms with Gasteiger partial charge in [0.2, 0.25) is 5.82 Å². The van der Waals surface area contributed by atoms with Crippen LogP contribution in [-0.2, 0) is 4.79 Å². The van der Waals surface area contributed by atoms with Crippen molar-refractivity contribution in [3.63, 3.8) is 0 Å². The lowest BCUT2D eigenvalue weighted by molar-refractivity contribution is -0.134. The topological polar surface area (TPSA) is 132 Å². The summed E-state index contributed by atoms with van der Waals surface area (Å²) in [6.07, 6.45) is 1.80. The standard InChI is InChI=1S/C16H13N7O2/c24-14(25)8-18-13-7-12(11-5-6-17-16(11)19-13)9-1-3-10(4-2-9)15-20-22-23-21-15/h1-7H,8H2,(H,24,25)(H2,17,18,19)(H,20,21,22,23). The maximum Gasteiger partial charge on any atom is 0.322 e. The minimum Gasteiger partial charge on any atom is -0.480 e. The molecule has 0 unspecified atom stereocenters. The molecule has 0 aliphatic heterocycles. The Labute approximate surface area is 141 Å². The summed E-state index contributed by atoms with van der Waals surface area (Å²) in [5, 5.41) is 26.5. The molecule has 0 saturated carbocycles. The van der Waals surface area contributed by atoms with Crippen LogP contribution in [0, 0.1) is 0 Å². The number of nitrogens with one attached hydrogen (secondary N) is 3. The Bertz CT molecular complexity index is 1020. The fraction of sp³-hybridized carbons (Fsp3) is 0.0625. The van der Waals surface area contributed by atoms with E-state index in [9.17, 15) is 4.79 Å². The van der Waals surface area contributed by atoms with Crippen LogP contribution in [0.2, 0.25) is 0 Å². The van der Waals surface area contributed by atoms with Crippen LogP contribution in [0.5, 0.6) is 0 Å². The number of carbonyl (C=O) groups is 1. The van der Waals surface area contributed by atoms with Gasteiger partial charge in [-0.2, -0.15) is 5.21 Å². The molecule has 0 atom stereocenters. The molecule has 1 aromatic carbocycles. The van der Waals surface area contributed by atoms with Crippen molar-refractivity contribution in [1.82, 2.24) is 30.6 Å². The number of benzene rings is 1. The highest BCUT2D eigenvalue weighted by Gasteiger charge is 2.11. The van der Waals surface area contributed by atoms with Crippen molar-refractivity contribution in [3.05, 3.63) is 42.6 Å². The van der Waals surface area contributed by atoms with Crippen molar-refractivity contribution in [3.8, 4) is 22.5 Å². The lowest BCUT2D eigenvalue weighted by atomic mass is 10.0. The lowest BCUT2D eigenvalue weighted by Gasteiger charge is -2.09. The molecule has 4 N–H and O–H groups in total. The van der Waals surface area contributed by atoms with Gasteiger partial charge in [0.15, 0.2) is 0 Å². The van der Waals surface area contributed by atoms with E-state index in [-0.39, 0.29) is 6.54 Å². The van der Waals surface area contributed by atoms with Gasteiger partial charge in [-0.15, -0.1) is 10.2 Å². The normalized spacial score (nSPS) is 10.9. The number of nitrogens with zero attached hydrogens (tertiary/aromatic N) is 4. The van der Waals surface area contributed by atoms with E-state index in [1.165, 1.54) is 0 Å². The van der Waals surface area contributed by atoms with Crippen molar-refractivity contribution >= 4 is 22.8 Å². The lowest BCUT2D eigenvalue weighted by Crippen LogP contribution is -2.13. The minimum atomic E-state index is -0.945. The number of aliphatic carboxylic acids is 1. The summed E-state index contributed by atoms with van der Waals surface area (Å²) < 4.78 is 0. The Hall–Kier alpha value is -3.75. The molecule has 0 bridgehead atoms. The van der Waals surface area contributed by atoms with Gasteiger partial charge in [0.25, 0.3) is 0 Å². The van der Waals surface area contributed by atoms with Gasteiger partial charge < -0.3 is 15.4 Å². The van der Waals surface area contributed by atoms with E-state index in [0.717, 1.165) is 22.1 Å². The maximum absolute atomic E-state index is 10.8. The molecule has 0 spiro atoms. The number of pyridine rings is 1. The molecular weight excluding hydrogens is 322 g/mol. The van der Waals surface area contributed by atoms with Crippen molar-refractivity contribution < 1.29 is 9.90 Å². The summed E-state index contributed by atoms with van der Waals surface area (Å²) in [5.41, 5.74) is 3.45. The molecule has 0 aliphatic carbocycles. The predicted octanol–water partition coefficient (Wildman–Crippen LogP) is 1.91. The van der Waals surface area contributed by atoms with E-state index >= 15 is 0 Å². The fourth-order valence-corrected chi connectivity index (χ4v) is 2.62. The Morgan fingerprint density at radius 1 is 1.16 bits per heavy atom. The zero-order valence-electron chi connectivity index (χ0n) is 12.9. The summed E-state index contributed by atoms with van der Waals surface area (Å²) >= 11 is 0. The zero-order chi connectivity index (χ0) is 17.2. The third-order valence-corrected chi connectivity index (χ3v) is 3.75. The molecule has 25 heavy (non-hydrogen) atoms. The molecule has 124 valence electrons. The van der Waals surface area contributed by atoms with E-state index in [4.69, 9.17) is 5.11 Å². The average Bonchev–Trinajstić information content (AvgIpc) is 3.31. The third-order valence-electron chi connectivity index (χ3n) is 3.75. The molecule has 0 radical (unpaired) electrons. The highest BCUT2D eigenvalue weighted by Crippen LogP contribution is 2.30. The number of tetrazole rings is 1. The summed E-state index contributed by atoms with van der Waals surface area (Å²) in [5.74, 6) is 0.0749. The van der Waals surface area contributed by atoms with Crippen LogP contribution in [0.4, 0.5) is 5.82 Å². The summed E-state index contributed by atoms with van der Waals surface area (Å²) in [4.78, 5) is 18.2. The van der Waals surface area contributed by atoms with Crippen molar-refractivity contribution in [2.24, 2.45) is 0 Å². The molecule has 0 fully saturated rings. The number of fused-ring (bicyclic) bond motifs is 1. The van der Waals surface area contributed by atoms with Gasteiger partial charge >= 0.3 is 5.97 Å². The first kappa shape index (κ1) is 14.8. The van der Waals surface area contributed by atoms with E-state index in [0.29, 0.717) is 17.3 Å². The first-order valence-corrected chi connectivity index (χ1v) is 7.49. The van der Waals surface area contributed by atoms with Gasteiger partial charge in [-0.25, -0.2) is 4.98 Å². The second-order valence-electron chi connectivity index (χ2n) is 5.36. The van der Waals surface area contributed by atoms with Crippen molar-refractivity contribution in [1.29, 1.82) is 0 Å². The van der Waals surface area contributed by atoms with Crippen molar-refractivity contribution in [2.45, 2.75) is 0 Å². The van der Waals surface area contributed by atoms with Gasteiger partial charge in [0.05, 0.1) is 0 Å². The number of rotatable bonds is 5. The first-order chi connectivity index (χ1) is 12.2.